The minimum Gasteiger partial charge on any atom is -0.379 e. The lowest BCUT2D eigenvalue weighted by Gasteiger charge is -2.27. The van der Waals surface area contributed by atoms with Crippen molar-refractivity contribution in [3.8, 4) is 0 Å². The molecule has 1 saturated heterocycles. The minimum atomic E-state index is 0. The summed E-state index contributed by atoms with van der Waals surface area (Å²) in [4.78, 5) is 22.9. The fourth-order valence-electron chi connectivity index (χ4n) is 4.50. The number of ether oxygens (including phenoxy) is 1. The highest BCUT2D eigenvalue weighted by molar-refractivity contribution is 7.22. The maximum Gasteiger partial charge on any atom is 0.260 e. The van der Waals surface area contributed by atoms with E-state index in [9.17, 15) is 4.79 Å². The number of carbonyl (C=O) groups is 1. The molecule has 0 unspecified atom stereocenters. The van der Waals surface area contributed by atoms with Crippen molar-refractivity contribution in [2.45, 2.75) is 19.8 Å². The number of aryl methyl sites for hydroxylation is 1. The Labute approximate surface area is 223 Å². The van der Waals surface area contributed by atoms with Crippen LogP contribution in [0.15, 0.2) is 72.8 Å². The predicted molar refractivity (Wildman–Crippen MR) is 151 cm³/mol. The lowest BCUT2D eigenvalue weighted by molar-refractivity contribution is 0.0376. The standard InChI is InChI=1S/C29H31N3O2S.ClH/c1-22-7-5-10-26-27(22)30-29(35-26)32(16-6-15-31-17-19-34-20-18-31)28(33)25-13-11-24(12-14-25)21-23-8-3-2-4-9-23;/h2-5,7-14H,6,15-21H2,1H3;1H. The third kappa shape index (κ3) is 6.31. The number of hydrogen-bond acceptors (Lipinski definition) is 5. The third-order valence-electron chi connectivity index (χ3n) is 6.50. The number of para-hydroxylation sites is 1. The highest BCUT2D eigenvalue weighted by atomic mass is 35.5. The number of thiazole rings is 1. The van der Waals surface area contributed by atoms with Crippen molar-refractivity contribution in [3.63, 3.8) is 0 Å². The van der Waals surface area contributed by atoms with Crippen LogP contribution in [0.3, 0.4) is 0 Å². The quantitative estimate of drug-likeness (QED) is 0.286. The molecule has 36 heavy (non-hydrogen) atoms. The fourth-order valence-corrected chi connectivity index (χ4v) is 5.57. The number of halogens is 1. The Kier molecular flexibility index (Phi) is 9.10. The summed E-state index contributed by atoms with van der Waals surface area (Å²) < 4.78 is 6.58. The van der Waals surface area contributed by atoms with Crippen LogP contribution in [0.5, 0.6) is 0 Å². The minimum absolute atomic E-state index is 0. The lowest BCUT2D eigenvalue weighted by atomic mass is 10.0. The molecule has 3 aromatic carbocycles. The van der Waals surface area contributed by atoms with Gasteiger partial charge >= 0.3 is 0 Å². The van der Waals surface area contributed by atoms with Crippen molar-refractivity contribution in [2.24, 2.45) is 0 Å². The zero-order valence-electron chi connectivity index (χ0n) is 20.6. The van der Waals surface area contributed by atoms with Crippen molar-refractivity contribution in [1.82, 2.24) is 9.88 Å². The van der Waals surface area contributed by atoms with Gasteiger partial charge in [0.2, 0.25) is 0 Å². The van der Waals surface area contributed by atoms with Crippen LogP contribution in [-0.2, 0) is 11.2 Å². The number of nitrogens with zero attached hydrogens (tertiary/aromatic N) is 3. The zero-order chi connectivity index (χ0) is 24.0. The molecule has 0 N–H and O–H groups in total. The molecule has 0 saturated carbocycles. The first-order valence-corrected chi connectivity index (χ1v) is 13.1. The van der Waals surface area contributed by atoms with Gasteiger partial charge in [0, 0.05) is 31.7 Å². The van der Waals surface area contributed by atoms with Gasteiger partial charge < -0.3 is 4.74 Å². The topological polar surface area (TPSA) is 45.7 Å². The Bertz CT molecular complexity index is 1270. The van der Waals surface area contributed by atoms with Crippen LogP contribution in [0, 0.1) is 6.92 Å². The molecule has 1 aromatic heterocycles. The lowest BCUT2D eigenvalue weighted by Crippen LogP contribution is -2.39. The number of carbonyl (C=O) groups excluding carboxylic acids is 1. The first kappa shape index (κ1) is 26.3. The summed E-state index contributed by atoms with van der Waals surface area (Å²) in [5.41, 5.74) is 5.28. The summed E-state index contributed by atoms with van der Waals surface area (Å²) in [6, 6.07) is 24.6. The first-order valence-electron chi connectivity index (χ1n) is 12.3. The van der Waals surface area contributed by atoms with E-state index in [1.54, 1.807) is 11.3 Å². The number of aromatic nitrogens is 1. The van der Waals surface area contributed by atoms with E-state index >= 15 is 0 Å². The van der Waals surface area contributed by atoms with Gasteiger partial charge in [0.25, 0.3) is 5.91 Å². The van der Waals surface area contributed by atoms with Crippen LogP contribution < -0.4 is 4.90 Å². The van der Waals surface area contributed by atoms with E-state index in [-0.39, 0.29) is 18.3 Å². The van der Waals surface area contributed by atoms with Gasteiger partial charge in [0.05, 0.1) is 23.4 Å². The van der Waals surface area contributed by atoms with Crippen LogP contribution in [0.1, 0.15) is 33.5 Å². The highest BCUT2D eigenvalue weighted by Crippen LogP contribution is 2.31. The molecule has 0 spiro atoms. The molecular weight excluding hydrogens is 490 g/mol. The van der Waals surface area contributed by atoms with Crippen molar-refractivity contribution in [3.05, 3.63) is 95.1 Å². The number of amides is 1. The molecule has 0 radical (unpaired) electrons. The summed E-state index contributed by atoms with van der Waals surface area (Å²) in [6.45, 7) is 7.15. The Morgan fingerprint density at radius 2 is 1.69 bits per heavy atom. The van der Waals surface area contributed by atoms with E-state index in [1.165, 1.54) is 11.1 Å². The fraction of sp³-hybridized carbons (Fsp3) is 0.310. The number of fused-ring (bicyclic) bond motifs is 1. The molecule has 188 valence electrons. The maximum atomic E-state index is 13.7. The molecule has 0 atom stereocenters. The molecule has 2 heterocycles. The van der Waals surface area contributed by atoms with Gasteiger partial charge in [-0.2, -0.15) is 0 Å². The van der Waals surface area contributed by atoms with Crippen LogP contribution >= 0.6 is 23.7 Å². The second kappa shape index (κ2) is 12.5. The highest BCUT2D eigenvalue weighted by Gasteiger charge is 2.22. The van der Waals surface area contributed by atoms with E-state index in [1.807, 2.05) is 23.1 Å². The van der Waals surface area contributed by atoms with E-state index in [4.69, 9.17) is 9.72 Å². The molecule has 7 heteroatoms. The van der Waals surface area contributed by atoms with E-state index in [0.717, 1.165) is 66.6 Å². The van der Waals surface area contributed by atoms with Crippen molar-refractivity contribution in [1.29, 1.82) is 0 Å². The smallest absolute Gasteiger partial charge is 0.260 e. The van der Waals surface area contributed by atoms with Gasteiger partial charge in [-0.3, -0.25) is 14.6 Å². The molecule has 1 aliphatic rings. The summed E-state index contributed by atoms with van der Waals surface area (Å²) in [5, 5.41) is 0.773. The Morgan fingerprint density at radius 1 is 0.972 bits per heavy atom. The van der Waals surface area contributed by atoms with Gasteiger partial charge in [0.1, 0.15) is 0 Å². The average molecular weight is 522 g/mol. The second-order valence-electron chi connectivity index (χ2n) is 9.04. The second-order valence-corrected chi connectivity index (χ2v) is 10.1. The largest absolute Gasteiger partial charge is 0.379 e. The van der Waals surface area contributed by atoms with Crippen LogP contribution in [0.2, 0.25) is 0 Å². The molecule has 1 aliphatic heterocycles. The molecule has 1 amide bonds. The van der Waals surface area contributed by atoms with Crippen LogP contribution in [0.25, 0.3) is 10.2 Å². The van der Waals surface area contributed by atoms with Crippen LogP contribution in [-0.4, -0.2) is 55.2 Å². The normalized spacial score (nSPS) is 13.9. The van der Waals surface area contributed by atoms with Crippen LogP contribution in [0.4, 0.5) is 5.13 Å². The molecule has 4 aromatic rings. The summed E-state index contributed by atoms with van der Waals surface area (Å²) in [5.74, 6) is 0.00921. The number of benzene rings is 3. The summed E-state index contributed by atoms with van der Waals surface area (Å²) in [7, 11) is 0. The SMILES string of the molecule is Cc1cccc2sc(N(CCCN3CCOCC3)C(=O)c3ccc(Cc4ccccc4)cc3)nc12.Cl. The van der Waals surface area contributed by atoms with Crippen molar-refractivity contribution in [2.75, 3.05) is 44.3 Å². The molecule has 0 bridgehead atoms. The number of rotatable bonds is 8. The van der Waals surface area contributed by atoms with E-state index in [0.29, 0.717) is 12.1 Å². The molecule has 0 aliphatic carbocycles. The van der Waals surface area contributed by atoms with Gasteiger partial charge in [-0.1, -0.05) is 65.9 Å². The third-order valence-corrected chi connectivity index (χ3v) is 7.54. The first-order chi connectivity index (χ1) is 17.2. The monoisotopic (exact) mass is 521 g/mol. The molecule has 1 fully saturated rings. The number of hydrogen-bond donors (Lipinski definition) is 0. The van der Waals surface area contributed by atoms with Crippen molar-refractivity contribution < 1.29 is 9.53 Å². The van der Waals surface area contributed by atoms with Gasteiger partial charge in [-0.25, -0.2) is 4.98 Å². The Balaban J connectivity index is 0.00000304. The maximum absolute atomic E-state index is 13.7. The van der Waals surface area contributed by atoms with E-state index in [2.05, 4.69) is 66.4 Å². The summed E-state index contributed by atoms with van der Waals surface area (Å²) in [6.07, 6.45) is 1.75. The molecule has 5 nitrogen and oxygen atoms in total. The Morgan fingerprint density at radius 3 is 2.42 bits per heavy atom. The molecule has 5 rings (SSSR count). The Hall–Kier alpha value is -2.77. The number of morpholine rings is 1. The predicted octanol–water partition coefficient (Wildman–Crippen LogP) is 5.99. The van der Waals surface area contributed by atoms with Gasteiger partial charge in [-0.15, -0.1) is 12.4 Å². The number of anilines is 1. The van der Waals surface area contributed by atoms with Gasteiger partial charge in [0.15, 0.2) is 5.13 Å². The van der Waals surface area contributed by atoms with E-state index < -0.39 is 0 Å². The zero-order valence-corrected chi connectivity index (χ0v) is 22.2. The summed E-state index contributed by atoms with van der Waals surface area (Å²) >= 11 is 1.59. The average Bonchev–Trinajstić information content (AvgIpc) is 3.33. The molecular formula is C29H32ClN3O2S. The van der Waals surface area contributed by atoms with Crippen molar-refractivity contribution >= 4 is 45.0 Å². The van der Waals surface area contributed by atoms with Gasteiger partial charge in [-0.05, 0) is 54.7 Å².